The Balaban J connectivity index is 2.77. The van der Waals surface area contributed by atoms with Crippen molar-refractivity contribution in [1.82, 2.24) is 10.3 Å². The molecule has 0 aliphatic carbocycles. The van der Waals surface area contributed by atoms with Crippen LogP contribution in [0.1, 0.15) is 32.0 Å². The second-order valence-electron chi connectivity index (χ2n) is 4.53. The third-order valence-corrected chi connectivity index (χ3v) is 3.27. The van der Waals surface area contributed by atoms with Gasteiger partial charge < -0.3 is 5.32 Å². The van der Waals surface area contributed by atoms with Crippen LogP contribution in [0.4, 0.5) is 0 Å². The standard InChI is InChI=1S/C13H21BrN2/c1-5-15-12(9(2)3)7-13-10(4)6-11(14)8-16-13/h6,8-9,12,15H,5,7H2,1-4H3. The first-order valence-corrected chi connectivity index (χ1v) is 6.68. The summed E-state index contributed by atoms with van der Waals surface area (Å²) < 4.78 is 1.05. The van der Waals surface area contributed by atoms with Crippen molar-refractivity contribution in [3.8, 4) is 0 Å². The Morgan fingerprint density at radius 1 is 1.44 bits per heavy atom. The molecule has 0 aliphatic heterocycles. The average Bonchev–Trinajstić information content (AvgIpc) is 2.20. The topological polar surface area (TPSA) is 24.9 Å². The quantitative estimate of drug-likeness (QED) is 0.897. The fourth-order valence-electron chi connectivity index (χ4n) is 1.80. The number of hydrogen-bond acceptors (Lipinski definition) is 2. The van der Waals surface area contributed by atoms with Crippen LogP contribution < -0.4 is 5.32 Å². The Bertz CT molecular complexity index is 337. The molecule has 0 aliphatic rings. The maximum Gasteiger partial charge on any atom is 0.0449 e. The van der Waals surface area contributed by atoms with E-state index in [1.807, 2.05) is 6.20 Å². The molecule has 0 saturated carbocycles. The molecule has 1 rings (SSSR count). The molecule has 0 radical (unpaired) electrons. The SMILES string of the molecule is CCNC(Cc1ncc(Br)cc1C)C(C)C. The molecule has 1 unspecified atom stereocenters. The minimum Gasteiger partial charge on any atom is -0.314 e. The summed E-state index contributed by atoms with van der Waals surface area (Å²) in [4.78, 5) is 4.50. The molecule has 0 bridgehead atoms. The molecule has 0 aromatic carbocycles. The van der Waals surface area contributed by atoms with Gasteiger partial charge in [-0.2, -0.15) is 0 Å². The van der Waals surface area contributed by atoms with Crippen LogP contribution in [0.15, 0.2) is 16.7 Å². The van der Waals surface area contributed by atoms with Crippen molar-refractivity contribution in [2.45, 2.75) is 40.2 Å². The number of rotatable bonds is 5. The maximum absolute atomic E-state index is 4.50. The lowest BCUT2D eigenvalue weighted by Gasteiger charge is -2.22. The van der Waals surface area contributed by atoms with E-state index >= 15 is 0 Å². The van der Waals surface area contributed by atoms with Gasteiger partial charge in [-0.25, -0.2) is 0 Å². The van der Waals surface area contributed by atoms with Gasteiger partial charge in [-0.05, 0) is 46.9 Å². The first kappa shape index (κ1) is 13.7. The van der Waals surface area contributed by atoms with Crippen LogP contribution >= 0.6 is 15.9 Å². The summed E-state index contributed by atoms with van der Waals surface area (Å²) in [6.45, 7) is 9.79. The minimum atomic E-state index is 0.511. The molecule has 0 fully saturated rings. The summed E-state index contributed by atoms with van der Waals surface area (Å²) in [7, 11) is 0. The number of aryl methyl sites for hydroxylation is 1. The fraction of sp³-hybridized carbons (Fsp3) is 0.615. The highest BCUT2D eigenvalue weighted by Gasteiger charge is 2.14. The molecule has 90 valence electrons. The third-order valence-electron chi connectivity index (χ3n) is 2.84. The lowest BCUT2D eigenvalue weighted by Crippen LogP contribution is -2.36. The van der Waals surface area contributed by atoms with Gasteiger partial charge in [-0.15, -0.1) is 0 Å². The van der Waals surface area contributed by atoms with E-state index in [-0.39, 0.29) is 0 Å². The number of halogens is 1. The van der Waals surface area contributed by atoms with Crippen LogP contribution in [-0.4, -0.2) is 17.6 Å². The predicted octanol–water partition coefficient (Wildman–Crippen LogP) is 3.33. The number of nitrogens with zero attached hydrogens (tertiary/aromatic N) is 1. The zero-order chi connectivity index (χ0) is 12.1. The molecule has 1 atom stereocenters. The van der Waals surface area contributed by atoms with Crippen molar-refractivity contribution in [3.63, 3.8) is 0 Å². The molecule has 1 aromatic heterocycles. The Labute approximate surface area is 107 Å². The summed E-state index contributed by atoms with van der Waals surface area (Å²) in [5.74, 6) is 0.629. The van der Waals surface area contributed by atoms with Crippen molar-refractivity contribution >= 4 is 15.9 Å². The number of pyridine rings is 1. The Morgan fingerprint density at radius 3 is 2.62 bits per heavy atom. The molecule has 0 spiro atoms. The zero-order valence-electron chi connectivity index (χ0n) is 10.5. The molecule has 0 saturated heterocycles. The van der Waals surface area contributed by atoms with Gasteiger partial charge >= 0.3 is 0 Å². The second kappa shape index (κ2) is 6.36. The molecule has 1 aromatic rings. The Kier molecular flexibility index (Phi) is 5.42. The van der Waals surface area contributed by atoms with Crippen molar-refractivity contribution in [3.05, 3.63) is 28.0 Å². The maximum atomic E-state index is 4.50. The Hall–Kier alpha value is -0.410. The smallest absolute Gasteiger partial charge is 0.0449 e. The molecular weight excluding hydrogens is 264 g/mol. The number of likely N-dealkylation sites (N-methyl/N-ethyl adjacent to an activating group) is 1. The van der Waals surface area contributed by atoms with E-state index in [0.29, 0.717) is 12.0 Å². The molecular formula is C13H21BrN2. The first-order chi connectivity index (χ1) is 7.54. The van der Waals surface area contributed by atoms with Gasteiger partial charge in [-0.3, -0.25) is 4.98 Å². The van der Waals surface area contributed by atoms with Crippen molar-refractivity contribution in [2.24, 2.45) is 5.92 Å². The predicted molar refractivity (Wildman–Crippen MR) is 72.7 cm³/mol. The van der Waals surface area contributed by atoms with Gasteiger partial charge in [0.15, 0.2) is 0 Å². The summed E-state index contributed by atoms with van der Waals surface area (Å²) >= 11 is 3.44. The first-order valence-electron chi connectivity index (χ1n) is 5.89. The zero-order valence-corrected chi connectivity index (χ0v) is 12.1. The number of aromatic nitrogens is 1. The molecule has 0 amide bonds. The van der Waals surface area contributed by atoms with Crippen LogP contribution in [0.2, 0.25) is 0 Å². The lowest BCUT2D eigenvalue weighted by molar-refractivity contribution is 0.402. The van der Waals surface area contributed by atoms with E-state index in [1.54, 1.807) is 0 Å². The van der Waals surface area contributed by atoms with Crippen molar-refractivity contribution < 1.29 is 0 Å². The summed E-state index contributed by atoms with van der Waals surface area (Å²) in [5.41, 5.74) is 2.46. The van der Waals surface area contributed by atoms with Gasteiger partial charge in [0.1, 0.15) is 0 Å². The molecule has 3 heteroatoms. The van der Waals surface area contributed by atoms with E-state index in [9.17, 15) is 0 Å². The highest BCUT2D eigenvalue weighted by atomic mass is 79.9. The Morgan fingerprint density at radius 2 is 2.12 bits per heavy atom. The third kappa shape index (κ3) is 3.87. The largest absolute Gasteiger partial charge is 0.314 e. The van der Waals surface area contributed by atoms with Gasteiger partial charge in [0.05, 0.1) is 0 Å². The van der Waals surface area contributed by atoms with Crippen LogP contribution in [0.5, 0.6) is 0 Å². The number of hydrogen-bond donors (Lipinski definition) is 1. The molecule has 2 nitrogen and oxygen atoms in total. The fourth-order valence-corrected chi connectivity index (χ4v) is 2.24. The average molecular weight is 285 g/mol. The van der Waals surface area contributed by atoms with Crippen LogP contribution in [-0.2, 0) is 6.42 Å². The number of nitrogens with one attached hydrogen (secondary N) is 1. The monoisotopic (exact) mass is 284 g/mol. The summed E-state index contributed by atoms with van der Waals surface area (Å²) in [6.07, 6.45) is 2.89. The van der Waals surface area contributed by atoms with Gasteiger partial charge in [0, 0.05) is 28.8 Å². The van der Waals surface area contributed by atoms with E-state index in [0.717, 1.165) is 17.4 Å². The molecule has 16 heavy (non-hydrogen) atoms. The van der Waals surface area contributed by atoms with E-state index in [4.69, 9.17) is 0 Å². The van der Waals surface area contributed by atoms with Crippen LogP contribution in [0, 0.1) is 12.8 Å². The normalized spacial score (nSPS) is 13.1. The minimum absolute atomic E-state index is 0.511. The highest BCUT2D eigenvalue weighted by molar-refractivity contribution is 9.10. The van der Waals surface area contributed by atoms with Gasteiger partial charge in [0.25, 0.3) is 0 Å². The van der Waals surface area contributed by atoms with Crippen molar-refractivity contribution in [2.75, 3.05) is 6.54 Å². The molecule has 1 N–H and O–H groups in total. The lowest BCUT2D eigenvalue weighted by atomic mass is 9.97. The van der Waals surface area contributed by atoms with Crippen LogP contribution in [0.25, 0.3) is 0 Å². The molecule has 1 heterocycles. The van der Waals surface area contributed by atoms with Crippen LogP contribution in [0.3, 0.4) is 0 Å². The second-order valence-corrected chi connectivity index (χ2v) is 5.45. The van der Waals surface area contributed by atoms with Crippen molar-refractivity contribution in [1.29, 1.82) is 0 Å². The van der Waals surface area contributed by atoms with E-state index < -0.39 is 0 Å². The van der Waals surface area contributed by atoms with E-state index in [2.05, 4.69) is 60.0 Å². The van der Waals surface area contributed by atoms with Gasteiger partial charge in [-0.1, -0.05) is 20.8 Å². The van der Waals surface area contributed by atoms with Gasteiger partial charge in [0.2, 0.25) is 0 Å². The highest BCUT2D eigenvalue weighted by Crippen LogP contribution is 2.16. The summed E-state index contributed by atoms with van der Waals surface area (Å²) in [5, 5.41) is 3.52. The van der Waals surface area contributed by atoms with E-state index in [1.165, 1.54) is 11.3 Å². The summed E-state index contributed by atoms with van der Waals surface area (Å²) in [6, 6.07) is 2.64.